The Morgan fingerprint density at radius 1 is 1.23 bits per heavy atom. The van der Waals surface area contributed by atoms with Crippen molar-refractivity contribution in [1.29, 1.82) is 0 Å². The van der Waals surface area contributed by atoms with E-state index in [9.17, 15) is 0 Å². The Morgan fingerprint density at radius 2 is 1.77 bits per heavy atom. The van der Waals surface area contributed by atoms with Gasteiger partial charge in [0.15, 0.2) is 0 Å². The van der Waals surface area contributed by atoms with Gasteiger partial charge in [0.2, 0.25) is 0 Å². The number of ether oxygens (including phenoxy) is 1. The van der Waals surface area contributed by atoms with Crippen molar-refractivity contribution >= 4 is 0 Å². The van der Waals surface area contributed by atoms with E-state index in [0.717, 1.165) is 11.3 Å². The molecular formula is C11H11LiO. The topological polar surface area (TPSA) is 9.23 Å². The Labute approximate surface area is 91.7 Å². The molecule has 0 N–H and O–H groups in total. The quantitative estimate of drug-likeness (QED) is 0.324. The summed E-state index contributed by atoms with van der Waals surface area (Å²) in [5, 5.41) is 0. The van der Waals surface area contributed by atoms with Gasteiger partial charge < -0.3 is 11.2 Å². The van der Waals surface area contributed by atoms with Gasteiger partial charge in [-0.2, -0.15) is 0 Å². The fourth-order valence-corrected chi connectivity index (χ4v) is 0.889. The Bertz CT molecular complexity index is 282. The summed E-state index contributed by atoms with van der Waals surface area (Å²) in [5.74, 6) is 3.14. The summed E-state index contributed by atoms with van der Waals surface area (Å²) in [6.07, 6.45) is 7.06. The van der Waals surface area contributed by atoms with Crippen LogP contribution in [0.4, 0.5) is 0 Å². The van der Waals surface area contributed by atoms with Crippen molar-refractivity contribution in [2.24, 2.45) is 0 Å². The van der Waals surface area contributed by atoms with E-state index in [1.807, 2.05) is 38.1 Å². The van der Waals surface area contributed by atoms with Crippen molar-refractivity contribution in [2.45, 2.75) is 20.0 Å². The molecule has 0 saturated carbocycles. The smallest absolute Gasteiger partial charge is 0.491 e. The van der Waals surface area contributed by atoms with Gasteiger partial charge in [-0.1, -0.05) is 0 Å². The summed E-state index contributed by atoms with van der Waals surface area (Å²) in [4.78, 5) is 0. The summed E-state index contributed by atoms with van der Waals surface area (Å²) >= 11 is 0. The first kappa shape index (κ1) is 12.2. The molecule has 0 fully saturated rings. The second kappa shape index (κ2) is 5.76. The van der Waals surface area contributed by atoms with E-state index in [2.05, 4.69) is 5.92 Å². The Morgan fingerprint density at radius 3 is 2.15 bits per heavy atom. The molecule has 13 heavy (non-hydrogen) atoms. The maximum Gasteiger partial charge on any atom is 1.00 e. The summed E-state index contributed by atoms with van der Waals surface area (Å²) in [5.41, 5.74) is 0.770. The molecule has 0 aromatic heterocycles. The molecule has 0 aliphatic rings. The molecule has 1 aromatic rings. The van der Waals surface area contributed by atoms with Crippen LogP contribution in [0.5, 0.6) is 5.75 Å². The number of hydrogen-bond donors (Lipinski definition) is 0. The molecule has 0 unspecified atom stereocenters. The van der Waals surface area contributed by atoms with Crippen LogP contribution in [0.2, 0.25) is 0 Å². The van der Waals surface area contributed by atoms with E-state index < -0.39 is 0 Å². The molecule has 0 heterocycles. The van der Waals surface area contributed by atoms with Gasteiger partial charge in [0.25, 0.3) is 0 Å². The Kier molecular flexibility index (Phi) is 5.40. The van der Waals surface area contributed by atoms with Gasteiger partial charge in [0.05, 0.1) is 6.10 Å². The second-order valence-corrected chi connectivity index (χ2v) is 2.82. The number of benzene rings is 1. The molecular weight excluding hydrogens is 155 g/mol. The van der Waals surface area contributed by atoms with Crippen LogP contribution in [0.1, 0.15) is 19.4 Å². The first-order valence-electron chi connectivity index (χ1n) is 3.92. The largest absolute Gasteiger partial charge is 1.00 e. The predicted octanol–water partition coefficient (Wildman–Crippen LogP) is -0.584. The van der Waals surface area contributed by atoms with Gasteiger partial charge in [0, 0.05) is 0 Å². The minimum Gasteiger partial charge on any atom is -0.491 e. The van der Waals surface area contributed by atoms with Gasteiger partial charge in [-0.25, -0.2) is 0 Å². The average molecular weight is 166 g/mol. The third kappa shape index (κ3) is 4.09. The summed E-state index contributed by atoms with van der Waals surface area (Å²) in [6.45, 7) is 3.97. The van der Waals surface area contributed by atoms with E-state index in [1.165, 1.54) is 0 Å². The third-order valence-corrected chi connectivity index (χ3v) is 1.37. The van der Waals surface area contributed by atoms with Crippen molar-refractivity contribution in [2.75, 3.05) is 0 Å². The molecule has 2 heteroatoms. The van der Waals surface area contributed by atoms with E-state index in [4.69, 9.17) is 11.2 Å². The molecule has 0 aliphatic heterocycles. The molecule has 62 valence electrons. The van der Waals surface area contributed by atoms with E-state index in [0.29, 0.717) is 0 Å². The van der Waals surface area contributed by atoms with E-state index in [1.54, 1.807) is 0 Å². The normalized spacial score (nSPS) is 8.77. The molecule has 0 amide bonds. The van der Waals surface area contributed by atoms with Crippen LogP contribution in [0.25, 0.3) is 0 Å². The first-order valence-corrected chi connectivity index (χ1v) is 3.92. The zero-order valence-corrected chi connectivity index (χ0v) is 8.29. The molecule has 0 bridgehead atoms. The molecule has 0 aliphatic carbocycles. The summed E-state index contributed by atoms with van der Waals surface area (Å²) < 4.78 is 5.42. The van der Waals surface area contributed by atoms with Gasteiger partial charge in [0.1, 0.15) is 5.75 Å². The number of rotatable bonds is 2. The molecule has 1 rings (SSSR count). The SMILES string of the molecule is [C-]#Cc1ccc(OC(C)C)cc1.[Li+]. The molecule has 1 aromatic carbocycles. The molecule has 0 atom stereocenters. The zero-order chi connectivity index (χ0) is 8.97. The van der Waals surface area contributed by atoms with Gasteiger partial charge in [-0.05, 0) is 26.0 Å². The van der Waals surface area contributed by atoms with Crippen LogP contribution in [-0.4, -0.2) is 6.10 Å². The summed E-state index contributed by atoms with van der Waals surface area (Å²) in [6, 6.07) is 7.31. The Hall–Kier alpha value is -0.823. The van der Waals surface area contributed by atoms with Crippen LogP contribution in [0, 0.1) is 12.3 Å². The van der Waals surface area contributed by atoms with Gasteiger partial charge >= 0.3 is 18.9 Å². The summed E-state index contributed by atoms with van der Waals surface area (Å²) in [7, 11) is 0. The van der Waals surface area contributed by atoms with Crippen molar-refractivity contribution in [3.63, 3.8) is 0 Å². The maximum atomic E-state index is 6.86. The molecule has 0 saturated heterocycles. The number of hydrogen-bond acceptors (Lipinski definition) is 1. The van der Waals surface area contributed by atoms with Gasteiger partial charge in [-0.3, -0.25) is 5.92 Å². The van der Waals surface area contributed by atoms with Crippen LogP contribution in [-0.2, 0) is 0 Å². The monoisotopic (exact) mass is 166 g/mol. The molecule has 0 spiro atoms. The standard InChI is InChI=1S/C11H11O.Li/c1-4-10-5-7-11(8-6-10)12-9(2)3;/h5-9H,2-3H3;/q-1;+1. The third-order valence-electron chi connectivity index (χ3n) is 1.37. The van der Waals surface area contributed by atoms with Crippen LogP contribution < -0.4 is 23.6 Å². The first-order chi connectivity index (χ1) is 5.72. The van der Waals surface area contributed by atoms with Crippen molar-refractivity contribution in [1.82, 2.24) is 0 Å². The van der Waals surface area contributed by atoms with Crippen LogP contribution >= 0.6 is 0 Å². The minimum atomic E-state index is 0. The fraction of sp³-hybridized carbons (Fsp3) is 0.273. The predicted molar refractivity (Wildman–Crippen MR) is 48.4 cm³/mol. The molecule has 0 radical (unpaired) electrons. The van der Waals surface area contributed by atoms with Crippen molar-refractivity contribution in [3.8, 4) is 11.7 Å². The second-order valence-electron chi connectivity index (χ2n) is 2.82. The van der Waals surface area contributed by atoms with Crippen molar-refractivity contribution in [3.05, 3.63) is 36.3 Å². The maximum absolute atomic E-state index is 6.86. The van der Waals surface area contributed by atoms with Crippen LogP contribution in [0.15, 0.2) is 24.3 Å². The fourth-order valence-electron chi connectivity index (χ4n) is 0.889. The van der Waals surface area contributed by atoms with Crippen LogP contribution in [0.3, 0.4) is 0 Å². The van der Waals surface area contributed by atoms with E-state index >= 15 is 0 Å². The molecule has 1 nitrogen and oxygen atoms in total. The average Bonchev–Trinajstić information content (AvgIpc) is 2.05. The Balaban J connectivity index is 0.00000144. The zero-order valence-electron chi connectivity index (χ0n) is 8.29. The van der Waals surface area contributed by atoms with E-state index in [-0.39, 0.29) is 25.0 Å². The van der Waals surface area contributed by atoms with Crippen molar-refractivity contribution < 1.29 is 23.6 Å². The van der Waals surface area contributed by atoms with Gasteiger partial charge in [-0.15, -0.1) is 17.7 Å². The minimum absolute atomic E-state index is 0.